The van der Waals surface area contributed by atoms with Gasteiger partial charge in [0.05, 0.1) is 11.3 Å². The van der Waals surface area contributed by atoms with Crippen molar-refractivity contribution in [3.63, 3.8) is 0 Å². The van der Waals surface area contributed by atoms with Gasteiger partial charge in [0.2, 0.25) is 0 Å². The number of rotatable bonds is 6. The number of imidazole rings is 1. The molecule has 0 atom stereocenters. The van der Waals surface area contributed by atoms with E-state index in [1.807, 2.05) is 60.8 Å². The monoisotopic (exact) mass is 294 g/mol. The molecule has 3 aromatic rings. The lowest BCUT2D eigenvalue weighted by Gasteiger charge is -2.10. The van der Waals surface area contributed by atoms with Crippen LogP contribution in [0.25, 0.3) is 11.4 Å². The van der Waals surface area contributed by atoms with Crippen molar-refractivity contribution in [3.8, 4) is 17.1 Å². The third-order valence-electron chi connectivity index (χ3n) is 3.38. The first-order valence-corrected chi connectivity index (χ1v) is 7.28. The van der Waals surface area contributed by atoms with Crippen molar-refractivity contribution in [2.75, 3.05) is 6.61 Å². The molecule has 2 aromatic carbocycles. The number of ether oxygens (including phenoxy) is 1. The maximum Gasteiger partial charge on any atom is 0.141 e. The quantitative estimate of drug-likeness (QED) is 0.734. The number of H-pyrrole nitrogens is 1. The number of hydrogen-bond donors (Lipinski definition) is 2. The van der Waals surface area contributed by atoms with Crippen LogP contribution in [0.2, 0.25) is 0 Å². The number of hydrogen-bond acceptors (Lipinski definition) is 3. The molecular formula is C18H18N2O2. The summed E-state index contributed by atoms with van der Waals surface area (Å²) in [6, 6.07) is 17.9. The van der Waals surface area contributed by atoms with E-state index in [0.29, 0.717) is 13.0 Å². The van der Waals surface area contributed by atoms with Crippen molar-refractivity contribution in [2.45, 2.75) is 13.0 Å². The van der Waals surface area contributed by atoms with Gasteiger partial charge in [-0.15, -0.1) is 0 Å². The molecule has 0 saturated carbocycles. The molecule has 0 aliphatic rings. The van der Waals surface area contributed by atoms with Crippen molar-refractivity contribution in [3.05, 3.63) is 72.1 Å². The number of para-hydroxylation sites is 1. The molecule has 0 bridgehead atoms. The zero-order valence-electron chi connectivity index (χ0n) is 12.2. The minimum absolute atomic E-state index is 0.0937. The van der Waals surface area contributed by atoms with E-state index in [0.717, 1.165) is 28.4 Å². The molecule has 1 heterocycles. The van der Waals surface area contributed by atoms with E-state index in [2.05, 4.69) is 9.97 Å². The summed E-state index contributed by atoms with van der Waals surface area (Å²) in [6.07, 6.45) is 2.36. The van der Waals surface area contributed by atoms with Gasteiger partial charge in [0.1, 0.15) is 18.2 Å². The maximum absolute atomic E-state index is 8.99. The molecule has 22 heavy (non-hydrogen) atoms. The van der Waals surface area contributed by atoms with Crippen molar-refractivity contribution in [1.82, 2.24) is 9.97 Å². The average Bonchev–Trinajstić information content (AvgIpc) is 3.03. The van der Waals surface area contributed by atoms with Crippen LogP contribution in [0.4, 0.5) is 0 Å². The van der Waals surface area contributed by atoms with Crippen LogP contribution in [0.1, 0.15) is 11.3 Å². The first kappa shape index (κ1) is 14.4. The van der Waals surface area contributed by atoms with Crippen LogP contribution in [0.5, 0.6) is 5.75 Å². The highest BCUT2D eigenvalue weighted by atomic mass is 16.5. The van der Waals surface area contributed by atoms with E-state index in [1.54, 1.807) is 0 Å². The molecule has 0 aliphatic heterocycles. The largest absolute Gasteiger partial charge is 0.488 e. The Balaban J connectivity index is 1.80. The second-order valence-corrected chi connectivity index (χ2v) is 4.98. The van der Waals surface area contributed by atoms with Crippen LogP contribution in [0.3, 0.4) is 0 Å². The van der Waals surface area contributed by atoms with Crippen molar-refractivity contribution >= 4 is 0 Å². The molecule has 0 unspecified atom stereocenters. The molecule has 1 aromatic heterocycles. The highest BCUT2D eigenvalue weighted by molar-refractivity contribution is 5.64. The van der Waals surface area contributed by atoms with Crippen LogP contribution in [0, 0.1) is 0 Å². The summed E-state index contributed by atoms with van der Waals surface area (Å²) >= 11 is 0. The SMILES string of the molecule is OCCc1c[nH]c(-c2ccccc2OCc2ccccc2)n1. The summed E-state index contributed by atoms with van der Waals surface area (Å²) in [6.45, 7) is 0.610. The number of nitrogens with zero attached hydrogens (tertiary/aromatic N) is 1. The topological polar surface area (TPSA) is 58.1 Å². The highest BCUT2D eigenvalue weighted by Crippen LogP contribution is 2.28. The van der Waals surface area contributed by atoms with Crippen LogP contribution in [0.15, 0.2) is 60.8 Å². The fourth-order valence-corrected chi connectivity index (χ4v) is 2.26. The van der Waals surface area contributed by atoms with Crippen molar-refractivity contribution in [1.29, 1.82) is 0 Å². The molecule has 0 fully saturated rings. The number of aromatic amines is 1. The smallest absolute Gasteiger partial charge is 0.141 e. The lowest BCUT2D eigenvalue weighted by atomic mass is 10.2. The first-order valence-electron chi connectivity index (χ1n) is 7.28. The predicted molar refractivity (Wildman–Crippen MR) is 85.6 cm³/mol. The third kappa shape index (κ3) is 3.35. The number of nitrogens with one attached hydrogen (secondary N) is 1. The van der Waals surface area contributed by atoms with Crippen molar-refractivity contribution in [2.24, 2.45) is 0 Å². The van der Waals surface area contributed by atoms with Gasteiger partial charge in [-0.3, -0.25) is 0 Å². The Morgan fingerprint density at radius 1 is 1.00 bits per heavy atom. The minimum atomic E-state index is 0.0937. The molecule has 4 nitrogen and oxygen atoms in total. The van der Waals surface area contributed by atoms with Gasteiger partial charge in [-0.2, -0.15) is 0 Å². The van der Waals surface area contributed by atoms with Crippen LogP contribution in [-0.4, -0.2) is 21.7 Å². The molecule has 2 N–H and O–H groups in total. The number of aliphatic hydroxyl groups is 1. The van der Waals surface area contributed by atoms with E-state index < -0.39 is 0 Å². The van der Waals surface area contributed by atoms with Crippen LogP contribution < -0.4 is 4.74 Å². The lowest BCUT2D eigenvalue weighted by molar-refractivity contribution is 0.298. The number of benzene rings is 2. The van der Waals surface area contributed by atoms with Crippen LogP contribution in [-0.2, 0) is 13.0 Å². The summed E-state index contributed by atoms with van der Waals surface area (Å²) in [4.78, 5) is 7.63. The second kappa shape index (κ2) is 6.91. The molecule has 0 amide bonds. The van der Waals surface area contributed by atoms with E-state index in [9.17, 15) is 0 Å². The van der Waals surface area contributed by atoms with Crippen LogP contribution >= 0.6 is 0 Å². The van der Waals surface area contributed by atoms with Gasteiger partial charge in [0.25, 0.3) is 0 Å². The molecule has 0 aliphatic carbocycles. The molecule has 0 radical (unpaired) electrons. The summed E-state index contributed by atoms with van der Waals surface area (Å²) in [7, 11) is 0. The molecule has 4 heteroatoms. The predicted octanol–water partition coefficient (Wildman–Crippen LogP) is 3.19. The first-order chi connectivity index (χ1) is 10.9. The average molecular weight is 294 g/mol. The standard InChI is InChI=1S/C18H18N2O2/c21-11-10-15-12-19-18(20-15)16-8-4-5-9-17(16)22-13-14-6-2-1-3-7-14/h1-9,12,21H,10-11,13H2,(H,19,20). The van der Waals surface area contributed by atoms with Gasteiger partial charge in [-0.25, -0.2) is 4.98 Å². The summed E-state index contributed by atoms with van der Waals surface area (Å²) in [5, 5.41) is 8.99. The molecule has 0 spiro atoms. The second-order valence-electron chi connectivity index (χ2n) is 4.98. The molecule has 0 saturated heterocycles. The Bertz CT molecular complexity index is 723. The molecule has 3 rings (SSSR count). The third-order valence-corrected chi connectivity index (χ3v) is 3.38. The van der Waals surface area contributed by atoms with Gasteiger partial charge >= 0.3 is 0 Å². The number of aliphatic hydroxyl groups excluding tert-OH is 1. The summed E-state index contributed by atoms with van der Waals surface area (Å²) < 4.78 is 5.94. The van der Waals surface area contributed by atoms with Gasteiger partial charge in [0, 0.05) is 19.2 Å². The molecular weight excluding hydrogens is 276 g/mol. The molecule has 112 valence electrons. The van der Waals surface area contributed by atoms with Gasteiger partial charge in [-0.05, 0) is 17.7 Å². The highest BCUT2D eigenvalue weighted by Gasteiger charge is 2.10. The van der Waals surface area contributed by atoms with E-state index in [-0.39, 0.29) is 6.61 Å². The van der Waals surface area contributed by atoms with Gasteiger partial charge in [0.15, 0.2) is 0 Å². The van der Waals surface area contributed by atoms with Gasteiger partial charge in [-0.1, -0.05) is 42.5 Å². The summed E-state index contributed by atoms with van der Waals surface area (Å²) in [5.74, 6) is 1.54. The Hall–Kier alpha value is -2.59. The Kier molecular flexibility index (Phi) is 4.51. The van der Waals surface area contributed by atoms with E-state index >= 15 is 0 Å². The Labute approximate surface area is 129 Å². The van der Waals surface area contributed by atoms with Crippen molar-refractivity contribution < 1.29 is 9.84 Å². The fraction of sp³-hybridized carbons (Fsp3) is 0.167. The zero-order chi connectivity index (χ0) is 15.2. The maximum atomic E-state index is 8.99. The summed E-state index contributed by atoms with van der Waals surface area (Å²) in [5.41, 5.74) is 2.88. The normalized spacial score (nSPS) is 10.6. The lowest BCUT2D eigenvalue weighted by Crippen LogP contribution is -1.97. The Morgan fingerprint density at radius 3 is 2.59 bits per heavy atom. The van der Waals surface area contributed by atoms with Gasteiger partial charge < -0.3 is 14.8 Å². The fourth-order valence-electron chi connectivity index (χ4n) is 2.26. The minimum Gasteiger partial charge on any atom is -0.488 e. The van der Waals surface area contributed by atoms with E-state index in [4.69, 9.17) is 9.84 Å². The zero-order valence-corrected chi connectivity index (χ0v) is 12.2. The Morgan fingerprint density at radius 2 is 1.77 bits per heavy atom. The van der Waals surface area contributed by atoms with E-state index in [1.165, 1.54) is 0 Å². The number of aromatic nitrogens is 2.